The van der Waals surface area contributed by atoms with Gasteiger partial charge in [-0.1, -0.05) is 0 Å². The first-order valence-corrected chi connectivity index (χ1v) is 6.93. The predicted molar refractivity (Wildman–Crippen MR) is 58.5 cm³/mol. The normalized spacial score (nSPS) is 12.8. The van der Waals surface area contributed by atoms with Gasteiger partial charge in [-0.25, -0.2) is 12.6 Å². The summed E-state index contributed by atoms with van der Waals surface area (Å²) in [7, 11) is -4.23. The second kappa shape index (κ2) is 6.14. The first-order chi connectivity index (χ1) is 8.72. The van der Waals surface area contributed by atoms with Crippen molar-refractivity contribution in [1.29, 1.82) is 0 Å². The Balaban J connectivity index is 2.94. The molecule has 0 heterocycles. The van der Waals surface area contributed by atoms with Gasteiger partial charge in [-0.15, -0.1) is 4.13 Å². The summed E-state index contributed by atoms with van der Waals surface area (Å²) in [5.41, 5.74) is 0. The van der Waals surface area contributed by atoms with Gasteiger partial charge in [0.25, 0.3) is 10.0 Å². The topological polar surface area (TPSA) is 92.7 Å². The third-order valence-corrected chi connectivity index (χ3v) is 4.01. The predicted octanol–water partition coefficient (Wildman–Crippen LogP) is 1.52. The van der Waals surface area contributed by atoms with Crippen molar-refractivity contribution in [3.63, 3.8) is 0 Å². The van der Waals surface area contributed by atoms with E-state index in [1.807, 2.05) is 0 Å². The average Bonchev–Trinajstić information content (AvgIpc) is 2.27. The van der Waals surface area contributed by atoms with Crippen LogP contribution in [0.3, 0.4) is 0 Å². The Labute approximate surface area is 108 Å². The number of sulfonamides is 1. The van der Waals surface area contributed by atoms with E-state index in [4.69, 9.17) is 4.55 Å². The summed E-state index contributed by atoms with van der Waals surface area (Å²) in [6.45, 7) is 0. The van der Waals surface area contributed by atoms with Gasteiger partial charge < -0.3 is 4.74 Å². The molecule has 0 saturated heterocycles. The molecule has 106 valence electrons. The van der Waals surface area contributed by atoms with E-state index in [9.17, 15) is 25.8 Å². The van der Waals surface area contributed by atoms with Crippen molar-refractivity contribution in [2.75, 3.05) is 0 Å². The minimum absolute atomic E-state index is 0.366. The van der Waals surface area contributed by atoms with Crippen LogP contribution in [0.15, 0.2) is 41.3 Å². The number of ether oxygens (including phenoxy) is 1. The SMILES string of the molecule is O=S(O)NS(=O)(=O)c1ccc(OC(F)=C(F)F)cc1. The summed E-state index contributed by atoms with van der Waals surface area (Å²) in [6.07, 6.45) is -2.66. The molecule has 2 N–H and O–H groups in total. The zero-order valence-corrected chi connectivity index (χ0v) is 10.5. The lowest BCUT2D eigenvalue weighted by atomic mass is 10.3. The van der Waals surface area contributed by atoms with Gasteiger partial charge in [0.05, 0.1) is 4.90 Å². The van der Waals surface area contributed by atoms with Gasteiger partial charge in [0.15, 0.2) is 0 Å². The molecule has 0 saturated carbocycles. The highest BCUT2D eigenvalue weighted by Crippen LogP contribution is 2.20. The highest BCUT2D eigenvalue weighted by Gasteiger charge is 2.16. The monoisotopic (exact) mass is 317 g/mol. The Morgan fingerprint density at radius 1 is 1.21 bits per heavy atom. The summed E-state index contributed by atoms with van der Waals surface area (Å²) in [5, 5.41) is 0. The Bertz CT molecular complexity index is 610. The molecule has 6 nitrogen and oxygen atoms in total. The van der Waals surface area contributed by atoms with E-state index in [1.54, 1.807) is 0 Å². The Morgan fingerprint density at radius 3 is 2.16 bits per heavy atom. The molecule has 0 aromatic heterocycles. The molecule has 0 fully saturated rings. The average molecular weight is 317 g/mol. The molecule has 0 radical (unpaired) electrons. The van der Waals surface area contributed by atoms with Crippen LogP contribution in [-0.4, -0.2) is 17.2 Å². The summed E-state index contributed by atoms with van der Waals surface area (Å²) in [4.78, 5) is -0.424. The van der Waals surface area contributed by atoms with Crippen molar-refractivity contribution >= 4 is 21.3 Å². The van der Waals surface area contributed by atoms with Crippen molar-refractivity contribution in [2.24, 2.45) is 0 Å². The maximum absolute atomic E-state index is 12.4. The van der Waals surface area contributed by atoms with Crippen LogP contribution in [0.5, 0.6) is 5.75 Å². The summed E-state index contributed by atoms with van der Waals surface area (Å²) < 4.78 is 82.8. The van der Waals surface area contributed by atoms with Crippen LogP contribution in [0.25, 0.3) is 0 Å². The zero-order chi connectivity index (χ0) is 14.6. The second-order valence-electron chi connectivity index (χ2n) is 2.94. The van der Waals surface area contributed by atoms with Crippen LogP contribution in [0.1, 0.15) is 0 Å². The fourth-order valence-corrected chi connectivity index (χ4v) is 2.60. The van der Waals surface area contributed by atoms with Crippen molar-refractivity contribution in [1.82, 2.24) is 4.13 Å². The molecule has 19 heavy (non-hydrogen) atoms. The van der Waals surface area contributed by atoms with Crippen molar-refractivity contribution in [2.45, 2.75) is 4.90 Å². The Morgan fingerprint density at radius 2 is 1.74 bits per heavy atom. The fourth-order valence-electron chi connectivity index (χ4n) is 0.971. The maximum atomic E-state index is 12.4. The molecule has 0 aliphatic rings. The van der Waals surface area contributed by atoms with E-state index in [1.165, 1.54) is 4.13 Å². The van der Waals surface area contributed by atoms with Crippen molar-refractivity contribution in [3.05, 3.63) is 36.4 Å². The minimum atomic E-state index is -4.23. The summed E-state index contributed by atoms with van der Waals surface area (Å²) in [6, 6.07) is 1.46. The third-order valence-electron chi connectivity index (χ3n) is 1.67. The van der Waals surface area contributed by atoms with Gasteiger partial charge in [-0.2, -0.15) is 13.2 Å². The van der Waals surface area contributed by atoms with Gasteiger partial charge in [-0.3, -0.25) is 4.55 Å². The standard InChI is InChI=1S/C8H6F3NO5S2/c9-7(10)8(11)17-5-1-3-6(4-2-5)19(15,16)12-18(13)14/h1-4,12H,(H,13,14). The molecule has 1 rings (SSSR count). The molecule has 1 aromatic rings. The fraction of sp³-hybridized carbons (Fsp3) is 0. The van der Waals surface area contributed by atoms with Gasteiger partial charge in [0.2, 0.25) is 11.3 Å². The van der Waals surface area contributed by atoms with Crippen LogP contribution in [0.2, 0.25) is 0 Å². The summed E-state index contributed by atoms with van der Waals surface area (Å²) in [5.74, 6) is -0.366. The van der Waals surface area contributed by atoms with Gasteiger partial charge in [-0.05, 0) is 24.3 Å². The highest BCUT2D eigenvalue weighted by molar-refractivity contribution is 8.00. The smallest absolute Gasteiger partial charge is 0.344 e. The first kappa shape index (κ1) is 15.6. The van der Waals surface area contributed by atoms with E-state index < -0.39 is 38.3 Å². The van der Waals surface area contributed by atoms with Gasteiger partial charge in [0, 0.05) is 0 Å². The second-order valence-corrected chi connectivity index (χ2v) is 5.59. The van der Waals surface area contributed by atoms with Gasteiger partial charge >= 0.3 is 12.1 Å². The number of benzene rings is 1. The van der Waals surface area contributed by atoms with E-state index >= 15 is 0 Å². The highest BCUT2D eigenvalue weighted by atomic mass is 32.3. The summed E-state index contributed by atoms with van der Waals surface area (Å²) >= 11 is -2.79. The lowest BCUT2D eigenvalue weighted by Gasteiger charge is -2.05. The molecule has 1 aromatic carbocycles. The molecular formula is C8H6F3NO5S2. The van der Waals surface area contributed by atoms with Crippen LogP contribution in [0.4, 0.5) is 13.2 Å². The van der Waals surface area contributed by atoms with E-state index in [2.05, 4.69) is 4.74 Å². The number of hydrogen-bond acceptors (Lipinski definition) is 4. The lowest BCUT2D eigenvalue weighted by molar-refractivity contribution is 0.241. The molecule has 1 atom stereocenters. The number of rotatable bonds is 5. The molecular weight excluding hydrogens is 311 g/mol. The van der Waals surface area contributed by atoms with Crippen LogP contribution in [0, 0.1) is 0 Å². The maximum Gasteiger partial charge on any atom is 0.344 e. The minimum Gasteiger partial charge on any atom is -0.428 e. The van der Waals surface area contributed by atoms with Crippen molar-refractivity contribution in [3.8, 4) is 5.75 Å². The molecule has 11 heteroatoms. The van der Waals surface area contributed by atoms with Crippen LogP contribution in [-0.2, 0) is 21.3 Å². The molecule has 0 spiro atoms. The van der Waals surface area contributed by atoms with E-state index in [0.717, 1.165) is 24.3 Å². The molecule has 0 amide bonds. The van der Waals surface area contributed by atoms with Crippen LogP contribution >= 0.6 is 0 Å². The van der Waals surface area contributed by atoms with E-state index in [0.29, 0.717) is 0 Å². The first-order valence-electron chi connectivity index (χ1n) is 4.34. The third kappa shape index (κ3) is 4.63. The number of nitrogens with one attached hydrogen (secondary N) is 1. The molecule has 0 aliphatic carbocycles. The zero-order valence-electron chi connectivity index (χ0n) is 8.84. The Kier molecular flexibility index (Phi) is 5.05. The van der Waals surface area contributed by atoms with E-state index in [-0.39, 0.29) is 5.75 Å². The molecule has 1 unspecified atom stereocenters. The van der Waals surface area contributed by atoms with Crippen LogP contribution < -0.4 is 8.86 Å². The van der Waals surface area contributed by atoms with Gasteiger partial charge in [0.1, 0.15) is 5.75 Å². The van der Waals surface area contributed by atoms with Crippen molar-refractivity contribution < 1.29 is 35.1 Å². The number of halogens is 3. The number of hydrogen-bond donors (Lipinski definition) is 2. The molecule has 0 aliphatic heterocycles. The quantitative estimate of drug-likeness (QED) is 0.634. The molecule has 0 bridgehead atoms. The lowest BCUT2D eigenvalue weighted by Crippen LogP contribution is -2.25. The largest absolute Gasteiger partial charge is 0.428 e. The Hall–Kier alpha value is -1.43.